The van der Waals surface area contributed by atoms with Crippen molar-refractivity contribution in [1.82, 2.24) is 0 Å². The van der Waals surface area contributed by atoms with Gasteiger partial charge in [-0.1, -0.05) is 93.3 Å². The molecule has 0 N–H and O–H groups in total. The van der Waals surface area contributed by atoms with Crippen LogP contribution in [-0.4, -0.2) is 6.61 Å². The smallest absolute Gasteiger partial charge is 0.166 e. The van der Waals surface area contributed by atoms with Crippen LogP contribution in [0.3, 0.4) is 0 Å². The average Bonchev–Trinajstić information content (AvgIpc) is 2.96. The maximum atomic E-state index is 15.2. The van der Waals surface area contributed by atoms with Gasteiger partial charge in [0.15, 0.2) is 11.6 Å². The van der Waals surface area contributed by atoms with Crippen LogP contribution in [0.2, 0.25) is 0 Å². The second kappa shape index (κ2) is 14.5. The summed E-state index contributed by atoms with van der Waals surface area (Å²) in [6.07, 6.45) is 14.3. The van der Waals surface area contributed by atoms with Gasteiger partial charge in [-0.15, -0.1) is 0 Å². The number of unbranched alkanes of at least 4 members (excludes halogenated alkanes) is 4. The number of benzene rings is 3. The molecule has 0 radical (unpaired) electrons. The molecule has 1 fully saturated rings. The number of hydrogen-bond donors (Lipinski definition) is 0. The van der Waals surface area contributed by atoms with E-state index in [-0.39, 0.29) is 17.5 Å². The molecule has 0 bridgehead atoms. The Morgan fingerprint density at radius 2 is 1.54 bits per heavy atom. The van der Waals surface area contributed by atoms with E-state index in [9.17, 15) is 8.78 Å². The van der Waals surface area contributed by atoms with Gasteiger partial charge in [0.2, 0.25) is 0 Å². The van der Waals surface area contributed by atoms with E-state index in [2.05, 4.69) is 19.1 Å². The molecule has 1 aliphatic rings. The molecule has 0 aliphatic carbocycles. The summed E-state index contributed by atoms with van der Waals surface area (Å²) in [7, 11) is 0. The van der Waals surface area contributed by atoms with Gasteiger partial charge in [0, 0.05) is 11.1 Å². The number of halogens is 3. The zero-order chi connectivity index (χ0) is 27.6. The normalized spacial score (nSPS) is 17.7. The lowest BCUT2D eigenvalue weighted by molar-refractivity contribution is -0.0191. The molecule has 1 aliphatic heterocycles. The third-order valence-electron chi connectivity index (χ3n) is 7.93. The van der Waals surface area contributed by atoms with Gasteiger partial charge in [-0.3, -0.25) is 0 Å². The monoisotopic (exact) mass is 534 g/mol. The zero-order valence-electron chi connectivity index (χ0n) is 23.3. The highest BCUT2D eigenvalue weighted by molar-refractivity contribution is 5.71. The predicted octanol–water partition coefficient (Wildman–Crippen LogP) is 10.8. The van der Waals surface area contributed by atoms with Crippen LogP contribution in [0.1, 0.15) is 88.9 Å². The Bertz CT molecular complexity index is 1220. The van der Waals surface area contributed by atoms with Gasteiger partial charge < -0.3 is 4.74 Å². The van der Waals surface area contributed by atoms with E-state index in [0.717, 1.165) is 56.9 Å². The Morgan fingerprint density at radius 1 is 0.821 bits per heavy atom. The molecule has 39 heavy (non-hydrogen) atoms. The Labute approximate surface area is 232 Å². The zero-order valence-corrected chi connectivity index (χ0v) is 23.3. The molecule has 0 saturated carbocycles. The van der Waals surface area contributed by atoms with Crippen LogP contribution in [0.25, 0.3) is 22.3 Å². The molecule has 1 heterocycles. The molecular formula is C35H41F3O. The summed E-state index contributed by atoms with van der Waals surface area (Å²) in [5, 5.41) is 0. The van der Waals surface area contributed by atoms with Crippen molar-refractivity contribution in [3.05, 3.63) is 95.3 Å². The molecule has 0 spiro atoms. The third-order valence-corrected chi connectivity index (χ3v) is 7.93. The summed E-state index contributed by atoms with van der Waals surface area (Å²) < 4.78 is 50.9. The van der Waals surface area contributed by atoms with E-state index in [1.54, 1.807) is 48.5 Å². The van der Waals surface area contributed by atoms with Gasteiger partial charge in [0.1, 0.15) is 5.82 Å². The molecule has 0 aromatic heterocycles. The first-order chi connectivity index (χ1) is 19.0. The highest BCUT2D eigenvalue weighted by Gasteiger charge is 2.23. The first-order valence-corrected chi connectivity index (χ1v) is 14.6. The van der Waals surface area contributed by atoms with Crippen LogP contribution < -0.4 is 0 Å². The van der Waals surface area contributed by atoms with Gasteiger partial charge in [0.05, 0.1) is 12.7 Å². The van der Waals surface area contributed by atoms with Gasteiger partial charge in [0.25, 0.3) is 0 Å². The molecule has 4 rings (SSSR count). The molecule has 1 saturated heterocycles. The van der Waals surface area contributed by atoms with Crippen molar-refractivity contribution < 1.29 is 17.9 Å². The van der Waals surface area contributed by atoms with E-state index in [1.165, 1.54) is 6.42 Å². The van der Waals surface area contributed by atoms with Crippen molar-refractivity contribution in [2.24, 2.45) is 5.92 Å². The van der Waals surface area contributed by atoms with Crippen LogP contribution in [0.5, 0.6) is 0 Å². The van der Waals surface area contributed by atoms with Crippen molar-refractivity contribution >= 4 is 0 Å². The third kappa shape index (κ3) is 7.63. The van der Waals surface area contributed by atoms with E-state index < -0.39 is 11.6 Å². The summed E-state index contributed by atoms with van der Waals surface area (Å²) in [4.78, 5) is 0. The maximum Gasteiger partial charge on any atom is 0.166 e. The summed E-state index contributed by atoms with van der Waals surface area (Å²) in [6, 6.07) is 15.6. The minimum Gasteiger partial charge on any atom is -0.373 e. The number of aryl methyl sites for hydroxylation is 1. The SMILES string of the molecule is CC=CCCC1CCC(c2ccc(-c3ccc(-c4ccc(CCCCCCC)c(F)c4F)cc3)c(F)c2)OC1. The number of ether oxygens (including phenoxy) is 1. The number of allylic oxidation sites excluding steroid dienone is 2. The fraction of sp³-hybridized carbons (Fsp3) is 0.429. The van der Waals surface area contributed by atoms with Crippen LogP contribution in [0, 0.1) is 23.4 Å². The molecule has 3 aromatic carbocycles. The molecule has 208 valence electrons. The summed E-state index contributed by atoms with van der Waals surface area (Å²) in [5.41, 5.74) is 3.26. The second-order valence-electron chi connectivity index (χ2n) is 10.8. The van der Waals surface area contributed by atoms with Gasteiger partial charge in [-0.25, -0.2) is 13.2 Å². The van der Waals surface area contributed by atoms with Gasteiger partial charge in [-0.2, -0.15) is 0 Å². The number of rotatable bonds is 12. The molecule has 4 heteroatoms. The van der Waals surface area contributed by atoms with Crippen LogP contribution in [0.4, 0.5) is 13.2 Å². The lowest BCUT2D eigenvalue weighted by Crippen LogP contribution is -2.20. The fourth-order valence-electron chi connectivity index (χ4n) is 5.51. The summed E-state index contributed by atoms with van der Waals surface area (Å²) in [5.74, 6) is -1.33. The quantitative estimate of drug-likeness (QED) is 0.166. The van der Waals surface area contributed by atoms with E-state index in [1.807, 2.05) is 13.0 Å². The van der Waals surface area contributed by atoms with Crippen molar-refractivity contribution in [2.75, 3.05) is 6.61 Å². The Kier molecular flexibility index (Phi) is 10.8. The first kappa shape index (κ1) is 29.1. The van der Waals surface area contributed by atoms with Crippen molar-refractivity contribution in [1.29, 1.82) is 0 Å². The largest absolute Gasteiger partial charge is 0.373 e. The van der Waals surface area contributed by atoms with E-state index >= 15 is 4.39 Å². The fourth-order valence-corrected chi connectivity index (χ4v) is 5.51. The Hall–Kier alpha value is -2.85. The van der Waals surface area contributed by atoms with Crippen molar-refractivity contribution in [3.8, 4) is 22.3 Å². The highest BCUT2D eigenvalue weighted by Crippen LogP contribution is 2.35. The predicted molar refractivity (Wildman–Crippen MR) is 155 cm³/mol. The first-order valence-electron chi connectivity index (χ1n) is 14.6. The van der Waals surface area contributed by atoms with Crippen LogP contribution in [0.15, 0.2) is 66.7 Å². The minimum absolute atomic E-state index is 0.0777. The highest BCUT2D eigenvalue weighted by atomic mass is 19.2. The minimum atomic E-state index is -0.819. The molecule has 2 atom stereocenters. The maximum absolute atomic E-state index is 15.2. The summed E-state index contributed by atoms with van der Waals surface area (Å²) in [6.45, 7) is 4.90. The lowest BCUT2D eigenvalue weighted by Gasteiger charge is -2.29. The Morgan fingerprint density at radius 3 is 2.21 bits per heavy atom. The molecule has 2 unspecified atom stereocenters. The van der Waals surface area contributed by atoms with E-state index in [4.69, 9.17) is 4.74 Å². The molecular weight excluding hydrogens is 493 g/mol. The topological polar surface area (TPSA) is 9.23 Å². The van der Waals surface area contributed by atoms with Gasteiger partial charge >= 0.3 is 0 Å². The van der Waals surface area contributed by atoms with E-state index in [0.29, 0.717) is 41.2 Å². The number of hydrogen-bond acceptors (Lipinski definition) is 1. The average molecular weight is 535 g/mol. The van der Waals surface area contributed by atoms with Crippen LogP contribution in [-0.2, 0) is 11.2 Å². The van der Waals surface area contributed by atoms with Gasteiger partial charge in [-0.05, 0) is 79.7 Å². The second-order valence-corrected chi connectivity index (χ2v) is 10.8. The van der Waals surface area contributed by atoms with Crippen molar-refractivity contribution in [3.63, 3.8) is 0 Å². The van der Waals surface area contributed by atoms with Crippen LogP contribution >= 0.6 is 0 Å². The standard InChI is InChI=1S/C35H41F3O/c1-3-5-7-8-10-12-28-18-21-31(35(38)34(28)37)27-16-14-26(15-17-27)30-20-19-29(23-32(30)36)33-22-13-25(24-39-33)11-9-6-4-2/h4,6,14-21,23,25,33H,3,5,7-13,22,24H2,1-2H3. The molecule has 0 amide bonds. The molecule has 3 aromatic rings. The lowest BCUT2D eigenvalue weighted by atomic mass is 9.90. The Balaban J connectivity index is 1.40. The van der Waals surface area contributed by atoms with Crippen molar-refractivity contribution in [2.45, 2.75) is 84.2 Å². The summed E-state index contributed by atoms with van der Waals surface area (Å²) >= 11 is 0. The molecule has 1 nitrogen and oxygen atoms in total.